The van der Waals surface area contributed by atoms with Crippen LogP contribution in [-0.2, 0) is 4.84 Å². The zero-order chi connectivity index (χ0) is 18.2. The van der Waals surface area contributed by atoms with Gasteiger partial charge in [0.1, 0.15) is 19.5 Å². The third-order valence-electron chi connectivity index (χ3n) is 4.18. The Hall–Kier alpha value is -2.38. The number of benzene rings is 1. The van der Waals surface area contributed by atoms with E-state index in [1.807, 2.05) is 30.3 Å². The van der Waals surface area contributed by atoms with Crippen molar-refractivity contribution < 1.29 is 9.57 Å². The van der Waals surface area contributed by atoms with Gasteiger partial charge in [-0.15, -0.1) is 10.2 Å². The quantitative estimate of drug-likeness (QED) is 0.546. The molecule has 0 radical (unpaired) electrons. The predicted octanol–water partition coefficient (Wildman–Crippen LogP) is 2.31. The Morgan fingerprint density at radius 1 is 1.08 bits per heavy atom. The van der Waals surface area contributed by atoms with Crippen LogP contribution in [0.4, 0.5) is 5.82 Å². The highest BCUT2D eigenvalue weighted by atomic mass is 35.5. The molecule has 2 aromatic rings. The van der Waals surface area contributed by atoms with Crippen molar-refractivity contribution in [2.24, 2.45) is 5.16 Å². The topological polar surface area (TPSA) is 63.1 Å². The molecule has 0 aliphatic carbocycles. The third-order valence-corrected chi connectivity index (χ3v) is 4.38. The van der Waals surface area contributed by atoms with Crippen LogP contribution in [0.3, 0.4) is 0 Å². The zero-order valence-electron chi connectivity index (χ0n) is 14.7. The lowest BCUT2D eigenvalue weighted by molar-refractivity contribution is 0.200. The van der Waals surface area contributed by atoms with Gasteiger partial charge in [-0.25, -0.2) is 0 Å². The van der Waals surface area contributed by atoms with Gasteiger partial charge in [0.05, 0.1) is 6.21 Å². The molecule has 0 N–H and O–H groups in total. The minimum Gasteiger partial charge on any atom is -0.492 e. The first-order valence-corrected chi connectivity index (χ1v) is 8.88. The highest BCUT2D eigenvalue weighted by Crippen LogP contribution is 2.15. The standard InChI is InChI=1S/C18H22ClN5O2/c1-25-20-14-15-2-4-16(5-3-15)26-13-12-23-8-10-24(11-9-23)18-7-6-17(19)21-22-18/h2-7,14H,8-13H2,1H3. The van der Waals surface area contributed by atoms with Gasteiger partial charge in [-0.1, -0.05) is 16.8 Å². The van der Waals surface area contributed by atoms with Crippen LogP contribution >= 0.6 is 11.6 Å². The first-order valence-electron chi connectivity index (χ1n) is 8.50. The van der Waals surface area contributed by atoms with Crippen LogP contribution in [0.2, 0.25) is 5.15 Å². The lowest BCUT2D eigenvalue weighted by atomic mass is 10.2. The summed E-state index contributed by atoms with van der Waals surface area (Å²) in [6, 6.07) is 11.5. The van der Waals surface area contributed by atoms with E-state index in [9.17, 15) is 0 Å². The maximum atomic E-state index is 5.82. The van der Waals surface area contributed by atoms with Crippen molar-refractivity contribution in [3.63, 3.8) is 0 Å². The molecule has 0 unspecified atom stereocenters. The number of hydrogen-bond donors (Lipinski definition) is 0. The molecule has 0 atom stereocenters. The van der Waals surface area contributed by atoms with Crippen LogP contribution in [0, 0.1) is 0 Å². The predicted molar refractivity (Wildman–Crippen MR) is 102 cm³/mol. The van der Waals surface area contributed by atoms with Gasteiger partial charge in [-0.2, -0.15) is 0 Å². The molecule has 1 aromatic heterocycles. The van der Waals surface area contributed by atoms with Crippen molar-refractivity contribution in [1.29, 1.82) is 0 Å². The molecular weight excluding hydrogens is 354 g/mol. The minimum atomic E-state index is 0.420. The summed E-state index contributed by atoms with van der Waals surface area (Å²) in [5, 5.41) is 12.2. The zero-order valence-corrected chi connectivity index (χ0v) is 15.5. The smallest absolute Gasteiger partial charge is 0.151 e. The summed E-state index contributed by atoms with van der Waals surface area (Å²) < 4.78 is 5.82. The van der Waals surface area contributed by atoms with Crippen molar-refractivity contribution in [1.82, 2.24) is 15.1 Å². The molecule has 3 rings (SSSR count). The first kappa shape index (κ1) is 18.4. The van der Waals surface area contributed by atoms with Gasteiger partial charge in [0.25, 0.3) is 0 Å². The monoisotopic (exact) mass is 375 g/mol. The summed E-state index contributed by atoms with van der Waals surface area (Å²) in [5.41, 5.74) is 0.973. The van der Waals surface area contributed by atoms with Crippen molar-refractivity contribution in [2.75, 3.05) is 51.3 Å². The van der Waals surface area contributed by atoms with Crippen LogP contribution in [0.1, 0.15) is 5.56 Å². The molecule has 1 fully saturated rings. The molecule has 0 saturated carbocycles. The second kappa shape index (κ2) is 9.35. The number of aromatic nitrogens is 2. The van der Waals surface area contributed by atoms with E-state index in [0.717, 1.165) is 49.9 Å². The van der Waals surface area contributed by atoms with Crippen LogP contribution in [0.5, 0.6) is 5.75 Å². The maximum absolute atomic E-state index is 5.82. The maximum Gasteiger partial charge on any atom is 0.151 e. The summed E-state index contributed by atoms with van der Waals surface area (Å²) in [5.74, 6) is 1.73. The molecule has 1 aliphatic rings. The van der Waals surface area contributed by atoms with E-state index >= 15 is 0 Å². The fourth-order valence-electron chi connectivity index (χ4n) is 2.73. The van der Waals surface area contributed by atoms with Gasteiger partial charge in [-0.05, 0) is 42.0 Å². The highest BCUT2D eigenvalue weighted by molar-refractivity contribution is 6.29. The van der Waals surface area contributed by atoms with Crippen LogP contribution in [-0.4, -0.2) is 67.8 Å². The van der Waals surface area contributed by atoms with Gasteiger partial charge in [0.2, 0.25) is 0 Å². The molecule has 0 spiro atoms. The van der Waals surface area contributed by atoms with E-state index in [4.69, 9.17) is 16.3 Å². The average Bonchev–Trinajstić information content (AvgIpc) is 2.69. The van der Waals surface area contributed by atoms with Gasteiger partial charge in [-0.3, -0.25) is 4.90 Å². The normalized spacial score (nSPS) is 15.4. The largest absolute Gasteiger partial charge is 0.492 e. The average molecular weight is 376 g/mol. The van der Waals surface area contributed by atoms with E-state index in [0.29, 0.717) is 11.8 Å². The molecule has 138 valence electrons. The van der Waals surface area contributed by atoms with E-state index < -0.39 is 0 Å². The summed E-state index contributed by atoms with van der Waals surface area (Å²) in [6.45, 7) is 5.34. The van der Waals surface area contributed by atoms with Crippen LogP contribution < -0.4 is 9.64 Å². The number of oxime groups is 1. The van der Waals surface area contributed by atoms with E-state index in [2.05, 4.69) is 30.0 Å². The van der Waals surface area contributed by atoms with Crippen LogP contribution in [0.25, 0.3) is 0 Å². The Kier molecular flexibility index (Phi) is 6.62. The van der Waals surface area contributed by atoms with Crippen LogP contribution in [0.15, 0.2) is 41.6 Å². The number of piperazine rings is 1. The molecule has 7 nitrogen and oxygen atoms in total. The van der Waals surface area contributed by atoms with Crippen molar-refractivity contribution in [3.05, 3.63) is 47.1 Å². The molecule has 0 bridgehead atoms. The summed E-state index contributed by atoms with van der Waals surface area (Å²) in [4.78, 5) is 9.28. The lowest BCUT2D eigenvalue weighted by Gasteiger charge is -2.35. The second-order valence-corrected chi connectivity index (χ2v) is 6.26. The van der Waals surface area contributed by atoms with Gasteiger partial charge < -0.3 is 14.5 Å². The Morgan fingerprint density at radius 2 is 1.85 bits per heavy atom. The van der Waals surface area contributed by atoms with Gasteiger partial charge in [0.15, 0.2) is 11.0 Å². The van der Waals surface area contributed by atoms with E-state index in [1.54, 1.807) is 12.3 Å². The number of nitrogens with zero attached hydrogens (tertiary/aromatic N) is 5. The first-order chi connectivity index (χ1) is 12.7. The van der Waals surface area contributed by atoms with Gasteiger partial charge in [0, 0.05) is 32.7 Å². The highest BCUT2D eigenvalue weighted by Gasteiger charge is 2.18. The summed E-state index contributed by atoms with van der Waals surface area (Å²) in [6.07, 6.45) is 1.66. The Labute approximate surface area is 158 Å². The van der Waals surface area contributed by atoms with Gasteiger partial charge >= 0.3 is 0 Å². The molecule has 1 aliphatic heterocycles. The summed E-state index contributed by atoms with van der Waals surface area (Å²) in [7, 11) is 1.52. The fraction of sp³-hybridized carbons (Fsp3) is 0.389. The van der Waals surface area contributed by atoms with Crippen molar-refractivity contribution in [2.45, 2.75) is 0 Å². The summed E-state index contributed by atoms with van der Waals surface area (Å²) >= 11 is 5.79. The molecule has 26 heavy (non-hydrogen) atoms. The fourth-order valence-corrected chi connectivity index (χ4v) is 2.84. The Bertz CT molecular complexity index is 701. The lowest BCUT2D eigenvalue weighted by Crippen LogP contribution is -2.47. The number of anilines is 1. The molecule has 0 amide bonds. The van der Waals surface area contributed by atoms with E-state index in [1.165, 1.54) is 7.11 Å². The molecular formula is C18H22ClN5O2. The number of halogens is 1. The molecule has 2 heterocycles. The third kappa shape index (κ3) is 5.31. The molecule has 1 saturated heterocycles. The van der Waals surface area contributed by atoms with Crippen molar-refractivity contribution in [3.8, 4) is 5.75 Å². The van der Waals surface area contributed by atoms with Crippen molar-refractivity contribution >= 4 is 23.6 Å². The SMILES string of the molecule is CON=Cc1ccc(OCCN2CCN(c3ccc(Cl)nn3)CC2)cc1. The molecule has 8 heteroatoms. The second-order valence-electron chi connectivity index (χ2n) is 5.88. The minimum absolute atomic E-state index is 0.420. The Balaban J connectivity index is 1.38. The number of hydrogen-bond acceptors (Lipinski definition) is 7. The Morgan fingerprint density at radius 3 is 2.50 bits per heavy atom. The van der Waals surface area contributed by atoms with E-state index in [-0.39, 0.29) is 0 Å². The molecule has 1 aromatic carbocycles. The number of ether oxygens (including phenoxy) is 1. The number of rotatable bonds is 7.